The summed E-state index contributed by atoms with van der Waals surface area (Å²) < 4.78 is 25.0. The summed E-state index contributed by atoms with van der Waals surface area (Å²) in [5, 5.41) is 2.70. The number of nitrogens with one attached hydrogen (secondary N) is 1. The van der Waals surface area contributed by atoms with Gasteiger partial charge in [0.2, 0.25) is 0 Å². The van der Waals surface area contributed by atoms with Crippen molar-refractivity contribution in [2.45, 2.75) is 24.5 Å². The molecule has 0 bridgehead atoms. The highest BCUT2D eigenvalue weighted by molar-refractivity contribution is 7.99. The molecule has 0 spiro atoms. The average molecular weight is 307 g/mol. The third kappa shape index (κ3) is 4.04. The second-order valence-electron chi connectivity index (χ2n) is 4.65. The zero-order valence-corrected chi connectivity index (χ0v) is 12.5. The molecule has 110 valence electrons. The number of anilines is 1. The van der Waals surface area contributed by atoms with Crippen LogP contribution in [0.5, 0.6) is 0 Å². The summed E-state index contributed by atoms with van der Waals surface area (Å²) >= 11 is 0.421. The molecule has 0 saturated heterocycles. The number of thioether (sulfide) groups is 1. The smallest absolute Gasteiger partial charge is 0.288 e. The van der Waals surface area contributed by atoms with Gasteiger partial charge in [0.1, 0.15) is 0 Å². The van der Waals surface area contributed by atoms with Gasteiger partial charge in [-0.1, -0.05) is 41.6 Å². The van der Waals surface area contributed by atoms with Crippen LogP contribution in [0.2, 0.25) is 0 Å². The molecule has 0 aliphatic heterocycles. The zero-order valence-electron chi connectivity index (χ0n) is 11.7. The van der Waals surface area contributed by atoms with Gasteiger partial charge < -0.3 is 5.32 Å². The number of para-hydroxylation sites is 1. The van der Waals surface area contributed by atoms with Crippen LogP contribution in [-0.2, 0) is 0 Å². The van der Waals surface area contributed by atoms with Gasteiger partial charge in [-0.15, -0.1) is 0 Å². The van der Waals surface area contributed by atoms with Crippen LogP contribution >= 0.6 is 11.8 Å². The van der Waals surface area contributed by atoms with Crippen molar-refractivity contribution in [1.29, 1.82) is 0 Å². The topological polar surface area (TPSA) is 29.1 Å². The van der Waals surface area contributed by atoms with E-state index in [-0.39, 0.29) is 5.91 Å². The van der Waals surface area contributed by atoms with Gasteiger partial charge in [-0.3, -0.25) is 4.79 Å². The first-order chi connectivity index (χ1) is 9.97. The first-order valence-electron chi connectivity index (χ1n) is 6.40. The van der Waals surface area contributed by atoms with Crippen LogP contribution in [0.3, 0.4) is 0 Å². The number of benzene rings is 2. The molecule has 1 amide bonds. The summed E-state index contributed by atoms with van der Waals surface area (Å²) in [4.78, 5) is 12.6. The van der Waals surface area contributed by atoms with Gasteiger partial charge in [0.25, 0.3) is 11.7 Å². The van der Waals surface area contributed by atoms with E-state index in [1.807, 2.05) is 26.0 Å². The maximum atomic E-state index is 12.5. The number of aryl methyl sites for hydroxylation is 2. The largest absolute Gasteiger partial charge is 0.321 e. The summed E-state index contributed by atoms with van der Waals surface area (Å²) in [6.07, 6.45) is 0. The predicted octanol–water partition coefficient (Wildman–Crippen LogP) is 4.87. The monoisotopic (exact) mass is 307 g/mol. The summed E-state index contributed by atoms with van der Waals surface area (Å²) in [5.74, 6) is -2.82. The second kappa shape index (κ2) is 6.72. The quantitative estimate of drug-likeness (QED) is 0.816. The molecule has 0 heterocycles. The van der Waals surface area contributed by atoms with E-state index in [1.54, 1.807) is 30.3 Å². The van der Waals surface area contributed by atoms with Crippen molar-refractivity contribution in [2.75, 3.05) is 5.32 Å². The number of carbonyl (C=O) groups is 1. The number of amides is 1. The Kier molecular flexibility index (Phi) is 4.96. The fourth-order valence-corrected chi connectivity index (χ4v) is 2.62. The van der Waals surface area contributed by atoms with E-state index in [2.05, 4.69) is 5.32 Å². The van der Waals surface area contributed by atoms with E-state index >= 15 is 0 Å². The first-order valence-corrected chi connectivity index (χ1v) is 7.28. The average Bonchev–Trinajstić information content (AvgIpc) is 2.40. The van der Waals surface area contributed by atoms with Crippen molar-refractivity contribution in [1.82, 2.24) is 0 Å². The number of halogens is 2. The van der Waals surface area contributed by atoms with Crippen LogP contribution in [-0.4, -0.2) is 11.7 Å². The van der Waals surface area contributed by atoms with Crippen LogP contribution in [0.4, 0.5) is 14.5 Å². The molecular weight excluding hydrogens is 292 g/mol. The lowest BCUT2D eigenvalue weighted by Crippen LogP contribution is -2.14. The van der Waals surface area contributed by atoms with Crippen LogP contribution in [0.15, 0.2) is 47.4 Å². The molecule has 0 radical (unpaired) electrons. The summed E-state index contributed by atoms with van der Waals surface area (Å²) in [5.41, 5.74) is 2.86. The van der Waals surface area contributed by atoms with Crippen LogP contribution < -0.4 is 5.32 Å². The lowest BCUT2D eigenvalue weighted by atomic mass is 10.1. The molecule has 0 unspecified atom stereocenters. The van der Waals surface area contributed by atoms with E-state index in [1.165, 1.54) is 0 Å². The second-order valence-corrected chi connectivity index (χ2v) is 5.68. The Labute approximate surface area is 126 Å². The van der Waals surface area contributed by atoms with Crippen LogP contribution in [0.1, 0.15) is 21.5 Å². The number of carbonyl (C=O) groups excluding carboxylic acids is 1. The molecular formula is C16H15F2NOS. The van der Waals surface area contributed by atoms with Gasteiger partial charge in [-0.05, 0) is 37.6 Å². The van der Waals surface area contributed by atoms with Crippen molar-refractivity contribution in [3.63, 3.8) is 0 Å². The first kappa shape index (κ1) is 15.5. The van der Waals surface area contributed by atoms with Gasteiger partial charge in [-0.2, -0.15) is 8.78 Å². The Bertz CT molecular complexity index is 658. The van der Waals surface area contributed by atoms with E-state index < -0.39 is 5.76 Å². The van der Waals surface area contributed by atoms with Crippen molar-refractivity contribution in [3.8, 4) is 0 Å². The molecule has 1 N–H and O–H groups in total. The number of rotatable bonds is 4. The lowest BCUT2D eigenvalue weighted by molar-refractivity contribution is 0.102. The lowest BCUT2D eigenvalue weighted by Gasteiger charge is -2.12. The van der Waals surface area contributed by atoms with Gasteiger partial charge in [0, 0.05) is 10.5 Å². The van der Waals surface area contributed by atoms with E-state index in [4.69, 9.17) is 0 Å². The molecule has 0 atom stereocenters. The zero-order chi connectivity index (χ0) is 15.4. The molecule has 0 saturated carbocycles. The molecule has 0 fully saturated rings. The summed E-state index contributed by atoms with van der Waals surface area (Å²) in [6.45, 7) is 3.80. The third-order valence-corrected chi connectivity index (χ3v) is 3.77. The molecule has 0 aromatic heterocycles. The molecule has 2 rings (SSSR count). The van der Waals surface area contributed by atoms with Gasteiger partial charge in [0.15, 0.2) is 0 Å². The Morgan fingerprint density at radius 1 is 1.14 bits per heavy atom. The molecule has 2 aromatic carbocycles. The summed E-state index contributed by atoms with van der Waals surface area (Å²) in [7, 11) is 0. The van der Waals surface area contributed by atoms with Gasteiger partial charge in [-0.25, -0.2) is 0 Å². The fourth-order valence-electron chi connectivity index (χ4n) is 2.03. The third-order valence-electron chi connectivity index (χ3n) is 2.98. The molecule has 5 heteroatoms. The Balaban J connectivity index is 2.23. The van der Waals surface area contributed by atoms with Crippen LogP contribution in [0, 0.1) is 13.8 Å². The van der Waals surface area contributed by atoms with Crippen molar-refractivity contribution in [3.05, 3.63) is 59.2 Å². The van der Waals surface area contributed by atoms with Crippen molar-refractivity contribution >= 4 is 23.4 Å². The summed E-state index contributed by atoms with van der Waals surface area (Å²) in [6, 6.07) is 12.0. The minimum absolute atomic E-state index is 0.296. The minimum Gasteiger partial charge on any atom is -0.321 e. The molecule has 2 nitrogen and oxygen atoms in total. The van der Waals surface area contributed by atoms with Crippen molar-refractivity contribution in [2.24, 2.45) is 0 Å². The minimum atomic E-state index is -2.52. The predicted molar refractivity (Wildman–Crippen MR) is 82.2 cm³/mol. The highest BCUT2D eigenvalue weighted by Crippen LogP contribution is 2.32. The van der Waals surface area contributed by atoms with E-state index in [9.17, 15) is 13.6 Å². The van der Waals surface area contributed by atoms with Crippen molar-refractivity contribution < 1.29 is 13.6 Å². The highest BCUT2D eigenvalue weighted by atomic mass is 32.2. The molecule has 21 heavy (non-hydrogen) atoms. The number of hydrogen-bond acceptors (Lipinski definition) is 2. The Morgan fingerprint density at radius 2 is 1.86 bits per heavy atom. The van der Waals surface area contributed by atoms with Crippen LogP contribution in [0.25, 0.3) is 0 Å². The molecule has 2 aromatic rings. The van der Waals surface area contributed by atoms with Gasteiger partial charge >= 0.3 is 0 Å². The van der Waals surface area contributed by atoms with E-state index in [0.717, 1.165) is 11.1 Å². The number of alkyl halides is 2. The Hall–Kier alpha value is -1.88. The van der Waals surface area contributed by atoms with E-state index in [0.29, 0.717) is 27.9 Å². The fraction of sp³-hybridized carbons (Fsp3) is 0.188. The maximum Gasteiger partial charge on any atom is 0.288 e. The SMILES string of the molecule is Cc1ccc(C(=O)Nc2ccccc2SC(F)F)c(C)c1. The normalized spacial score (nSPS) is 10.7. The standard InChI is InChI=1S/C16H15F2NOS/c1-10-7-8-12(11(2)9-10)15(20)19-13-5-3-4-6-14(13)21-16(17)18/h3-9,16H,1-2H3,(H,19,20). The molecule has 0 aliphatic rings. The van der Waals surface area contributed by atoms with Gasteiger partial charge in [0.05, 0.1) is 5.69 Å². The number of hydrogen-bond donors (Lipinski definition) is 1. The maximum absolute atomic E-state index is 12.5. The molecule has 0 aliphatic carbocycles. The Morgan fingerprint density at radius 3 is 2.52 bits per heavy atom. The highest BCUT2D eigenvalue weighted by Gasteiger charge is 2.14.